The highest BCUT2D eigenvalue weighted by Crippen LogP contribution is 2.23. The van der Waals surface area contributed by atoms with Crippen LogP contribution in [0, 0.1) is 5.41 Å². The zero-order chi connectivity index (χ0) is 24.0. The minimum absolute atomic E-state index is 0.0129. The number of nitrogens with two attached hydrogens (primary N) is 2. The SMILES string of the molecule is CCN(C)Nc1c[nH]c(-c2cccc(N)c2)c(CC(=O)NCc2ccc(C(=N)N)cc2)c1=O. The maximum absolute atomic E-state index is 13.3. The highest BCUT2D eigenvalue weighted by molar-refractivity contribution is 5.94. The van der Waals surface area contributed by atoms with E-state index in [9.17, 15) is 9.59 Å². The molecule has 0 atom stereocenters. The summed E-state index contributed by atoms with van der Waals surface area (Å²) in [5, 5.41) is 12.1. The molecule has 0 aliphatic carbocycles. The minimum atomic E-state index is -0.290. The van der Waals surface area contributed by atoms with Crippen molar-refractivity contribution in [1.82, 2.24) is 15.3 Å². The first-order valence-electron chi connectivity index (χ1n) is 10.6. The van der Waals surface area contributed by atoms with Crippen molar-refractivity contribution < 1.29 is 4.79 Å². The molecule has 33 heavy (non-hydrogen) atoms. The number of carbonyl (C=O) groups excluding carboxylic acids is 1. The topological polar surface area (TPSA) is 153 Å². The van der Waals surface area contributed by atoms with Gasteiger partial charge in [0.1, 0.15) is 11.5 Å². The molecule has 3 aromatic rings. The van der Waals surface area contributed by atoms with Crippen LogP contribution in [0.4, 0.5) is 11.4 Å². The van der Waals surface area contributed by atoms with Crippen LogP contribution in [0.5, 0.6) is 0 Å². The molecular formula is C24H29N7O2. The van der Waals surface area contributed by atoms with E-state index in [1.807, 2.05) is 20.0 Å². The van der Waals surface area contributed by atoms with Gasteiger partial charge in [0, 0.05) is 48.7 Å². The standard InChI is InChI=1S/C24H29N7O2/c1-3-31(2)30-20-14-29-22(17-5-4-6-18(25)11-17)19(23(20)33)12-21(32)28-13-15-7-9-16(10-8-15)24(26)27/h4-11,14,30H,3,12-13,25H2,1-2H3,(H3,26,27)(H,28,32)(H,29,33). The zero-order valence-electron chi connectivity index (χ0n) is 18.7. The molecule has 3 rings (SSSR count). The maximum Gasteiger partial charge on any atom is 0.224 e. The van der Waals surface area contributed by atoms with Gasteiger partial charge in [-0.25, -0.2) is 5.01 Å². The van der Waals surface area contributed by atoms with Crippen molar-refractivity contribution in [2.75, 3.05) is 24.8 Å². The van der Waals surface area contributed by atoms with Gasteiger partial charge in [-0.3, -0.25) is 15.0 Å². The van der Waals surface area contributed by atoms with Crippen LogP contribution in [0.3, 0.4) is 0 Å². The van der Waals surface area contributed by atoms with Crippen molar-refractivity contribution in [3.8, 4) is 11.3 Å². The minimum Gasteiger partial charge on any atom is -0.399 e. The summed E-state index contributed by atoms with van der Waals surface area (Å²) in [5.74, 6) is -0.302. The van der Waals surface area contributed by atoms with Crippen molar-refractivity contribution in [3.05, 3.63) is 81.6 Å². The Labute approximate surface area is 192 Å². The molecule has 0 bridgehead atoms. The van der Waals surface area contributed by atoms with Gasteiger partial charge in [0.25, 0.3) is 0 Å². The first kappa shape index (κ1) is 23.6. The number of pyridine rings is 1. The summed E-state index contributed by atoms with van der Waals surface area (Å²) in [5.41, 5.74) is 18.2. The Morgan fingerprint density at radius 2 is 1.91 bits per heavy atom. The monoisotopic (exact) mass is 447 g/mol. The fourth-order valence-electron chi connectivity index (χ4n) is 3.29. The quantitative estimate of drug-likeness (QED) is 0.128. The van der Waals surface area contributed by atoms with Crippen molar-refractivity contribution in [1.29, 1.82) is 5.41 Å². The summed E-state index contributed by atoms with van der Waals surface area (Å²) in [6.45, 7) is 2.94. The third kappa shape index (κ3) is 5.98. The number of hydrogen-bond donors (Lipinski definition) is 6. The molecule has 1 heterocycles. The number of carbonyl (C=O) groups is 1. The summed E-state index contributed by atoms with van der Waals surface area (Å²) in [6, 6.07) is 14.2. The molecule has 2 aromatic carbocycles. The van der Waals surface area contributed by atoms with E-state index in [-0.39, 0.29) is 23.6 Å². The number of nitrogens with one attached hydrogen (secondary N) is 4. The highest BCUT2D eigenvalue weighted by Gasteiger charge is 2.17. The molecule has 172 valence electrons. The highest BCUT2D eigenvalue weighted by atomic mass is 16.1. The van der Waals surface area contributed by atoms with E-state index in [0.29, 0.717) is 41.3 Å². The first-order valence-corrected chi connectivity index (χ1v) is 10.6. The van der Waals surface area contributed by atoms with Crippen LogP contribution in [-0.2, 0) is 17.8 Å². The van der Waals surface area contributed by atoms with Crippen molar-refractivity contribution in [2.45, 2.75) is 19.9 Å². The fourth-order valence-corrected chi connectivity index (χ4v) is 3.29. The van der Waals surface area contributed by atoms with Crippen LogP contribution >= 0.6 is 0 Å². The molecule has 0 unspecified atom stereocenters. The molecule has 9 heteroatoms. The molecule has 0 spiro atoms. The van der Waals surface area contributed by atoms with Gasteiger partial charge < -0.3 is 27.2 Å². The van der Waals surface area contributed by atoms with Crippen LogP contribution < -0.4 is 27.6 Å². The summed E-state index contributed by atoms with van der Waals surface area (Å²) < 4.78 is 0. The van der Waals surface area contributed by atoms with Crippen LogP contribution in [0.25, 0.3) is 11.3 Å². The Morgan fingerprint density at radius 1 is 1.18 bits per heavy atom. The van der Waals surface area contributed by atoms with Gasteiger partial charge in [-0.2, -0.15) is 0 Å². The summed E-state index contributed by atoms with van der Waals surface area (Å²) in [4.78, 5) is 29.2. The van der Waals surface area contributed by atoms with E-state index in [1.165, 1.54) is 0 Å². The molecule has 0 saturated heterocycles. The Hall–Kier alpha value is -4.11. The number of hydrazine groups is 1. The molecule has 1 amide bonds. The summed E-state index contributed by atoms with van der Waals surface area (Å²) in [6.07, 6.45) is 1.50. The van der Waals surface area contributed by atoms with E-state index >= 15 is 0 Å². The van der Waals surface area contributed by atoms with Crippen molar-refractivity contribution >= 4 is 23.1 Å². The summed E-state index contributed by atoms with van der Waals surface area (Å²) in [7, 11) is 1.83. The van der Waals surface area contributed by atoms with Crippen molar-refractivity contribution in [3.63, 3.8) is 0 Å². The van der Waals surface area contributed by atoms with Gasteiger partial charge in [0.2, 0.25) is 11.3 Å². The lowest BCUT2D eigenvalue weighted by molar-refractivity contribution is -0.120. The lowest BCUT2D eigenvalue weighted by Gasteiger charge is -2.18. The fraction of sp³-hybridized carbons (Fsp3) is 0.208. The second-order valence-electron chi connectivity index (χ2n) is 7.70. The molecule has 0 fully saturated rings. The molecule has 0 aliphatic heterocycles. The number of aromatic nitrogens is 1. The molecule has 1 aromatic heterocycles. The number of anilines is 2. The number of hydrogen-bond acceptors (Lipinski definition) is 6. The van der Waals surface area contributed by atoms with Crippen LogP contribution in [0.2, 0.25) is 0 Å². The molecule has 0 radical (unpaired) electrons. The summed E-state index contributed by atoms with van der Waals surface area (Å²) >= 11 is 0. The molecule has 9 nitrogen and oxygen atoms in total. The number of benzene rings is 2. The predicted molar refractivity (Wildman–Crippen MR) is 132 cm³/mol. The zero-order valence-corrected chi connectivity index (χ0v) is 18.7. The van der Waals surface area contributed by atoms with E-state index in [0.717, 1.165) is 11.1 Å². The Kier molecular flexibility index (Phi) is 7.47. The number of aromatic amines is 1. The molecule has 8 N–H and O–H groups in total. The Bertz CT molecular complexity index is 1200. The molecular weight excluding hydrogens is 418 g/mol. The van der Waals surface area contributed by atoms with Gasteiger partial charge in [-0.15, -0.1) is 0 Å². The number of nitrogen functional groups attached to an aromatic ring is 2. The molecule has 0 saturated carbocycles. The second kappa shape index (κ2) is 10.5. The normalized spacial score (nSPS) is 10.8. The van der Waals surface area contributed by atoms with E-state index in [2.05, 4.69) is 15.7 Å². The number of nitrogens with zero attached hydrogens (tertiary/aromatic N) is 1. The van der Waals surface area contributed by atoms with Gasteiger partial charge in [-0.1, -0.05) is 43.3 Å². The smallest absolute Gasteiger partial charge is 0.224 e. The number of amides is 1. The van der Waals surface area contributed by atoms with Gasteiger partial charge in [0.15, 0.2) is 0 Å². The van der Waals surface area contributed by atoms with Gasteiger partial charge in [0.05, 0.1) is 12.1 Å². The van der Waals surface area contributed by atoms with E-state index in [1.54, 1.807) is 53.7 Å². The second-order valence-corrected chi connectivity index (χ2v) is 7.70. The average Bonchev–Trinajstić information content (AvgIpc) is 2.80. The largest absolute Gasteiger partial charge is 0.399 e. The van der Waals surface area contributed by atoms with E-state index < -0.39 is 0 Å². The Morgan fingerprint density at radius 3 is 2.55 bits per heavy atom. The van der Waals surface area contributed by atoms with Crippen LogP contribution in [0.15, 0.2) is 59.5 Å². The predicted octanol–water partition coefficient (Wildman–Crippen LogP) is 2.05. The average molecular weight is 448 g/mol. The lowest BCUT2D eigenvalue weighted by atomic mass is 10.0. The van der Waals surface area contributed by atoms with Crippen LogP contribution in [-0.4, -0.2) is 35.3 Å². The third-order valence-corrected chi connectivity index (χ3v) is 5.23. The third-order valence-electron chi connectivity index (χ3n) is 5.23. The van der Waals surface area contributed by atoms with E-state index in [4.69, 9.17) is 16.9 Å². The van der Waals surface area contributed by atoms with Crippen LogP contribution in [0.1, 0.15) is 23.6 Å². The molecule has 0 aliphatic rings. The van der Waals surface area contributed by atoms with Gasteiger partial charge >= 0.3 is 0 Å². The van der Waals surface area contributed by atoms with Gasteiger partial charge in [-0.05, 0) is 17.7 Å². The number of H-pyrrole nitrogens is 1. The number of amidine groups is 1. The number of rotatable bonds is 9. The first-order chi connectivity index (χ1) is 15.8. The maximum atomic E-state index is 13.3. The lowest BCUT2D eigenvalue weighted by Crippen LogP contribution is -2.31. The Balaban J connectivity index is 1.85. The van der Waals surface area contributed by atoms with Crippen molar-refractivity contribution in [2.24, 2.45) is 5.73 Å².